The molecule has 4 rings (SSSR count). The predicted molar refractivity (Wildman–Crippen MR) is 126 cm³/mol. The third-order valence-corrected chi connectivity index (χ3v) is 6.22. The van der Waals surface area contributed by atoms with Crippen LogP contribution in [0.4, 0.5) is 14.6 Å². The number of hydrogen-bond acceptors (Lipinski definition) is 5. The van der Waals surface area contributed by atoms with E-state index in [1.165, 1.54) is 12.1 Å². The van der Waals surface area contributed by atoms with E-state index in [0.29, 0.717) is 35.5 Å². The molecule has 0 aliphatic heterocycles. The van der Waals surface area contributed by atoms with Crippen LogP contribution in [-0.4, -0.2) is 22.4 Å². The summed E-state index contributed by atoms with van der Waals surface area (Å²) in [5.74, 6) is -2.03. The molecule has 33 heavy (non-hydrogen) atoms. The first-order valence-electron chi connectivity index (χ1n) is 10.4. The van der Waals surface area contributed by atoms with Crippen molar-refractivity contribution in [2.75, 3.05) is 11.9 Å². The maximum atomic E-state index is 13.5. The van der Waals surface area contributed by atoms with Gasteiger partial charge in [-0.05, 0) is 65.7 Å². The zero-order chi connectivity index (χ0) is 23.4. The van der Waals surface area contributed by atoms with Crippen LogP contribution in [0.1, 0.15) is 28.2 Å². The molecule has 0 aliphatic rings. The Kier molecular flexibility index (Phi) is 6.74. The topological polar surface area (TPSA) is 80.9 Å². The predicted octanol–water partition coefficient (Wildman–Crippen LogP) is 5.06. The normalized spacial score (nSPS) is 11.8. The summed E-state index contributed by atoms with van der Waals surface area (Å²) in [4.78, 5) is 22.3. The maximum absolute atomic E-state index is 13.5. The van der Waals surface area contributed by atoms with Crippen LogP contribution >= 0.6 is 11.3 Å². The summed E-state index contributed by atoms with van der Waals surface area (Å²) < 4.78 is 27.1. The summed E-state index contributed by atoms with van der Waals surface area (Å²) in [5.41, 5.74) is 9.44. The number of carbonyl (C=O) groups excluding carboxylic acids is 1. The smallest absolute Gasteiger partial charge is 0.229 e. The highest BCUT2D eigenvalue weighted by molar-refractivity contribution is 7.13. The molecule has 3 N–H and O–H groups in total. The average molecular weight is 465 g/mol. The third-order valence-electron chi connectivity index (χ3n) is 5.15. The monoisotopic (exact) mass is 464 g/mol. The number of amides is 1. The summed E-state index contributed by atoms with van der Waals surface area (Å²) in [7, 11) is 0. The fourth-order valence-corrected chi connectivity index (χ4v) is 4.54. The highest BCUT2D eigenvalue weighted by Crippen LogP contribution is 2.33. The number of nitrogens with two attached hydrogens (primary N) is 1. The van der Waals surface area contributed by atoms with Crippen LogP contribution < -0.4 is 11.1 Å². The first kappa shape index (κ1) is 22.5. The molecular weight excluding hydrogens is 442 g/mol. The van der Waals surface area contributed by atoms with Gasteiger partial charge in [0.15, 0.2) is 0 Å². The highest BCUT2D eigenvalue weighted by atomic mass is 32.1. The van der Waals surface area contributed by atoms with Gasteiger partial charge in [-0.25, -0.2) is 13.8 Å². The van der Waals surface area contributed by atoms with Crippen molar-refractivity contribution in [1.82, 2.24) is 9.97 Å². The van der Waals surface area contributed by atoms with Crippen molar-refractivity contribution >= 4 is 23.1 Å². The molecule has 0 fully saturated rings. The highest BCUT2D eigenvalue weighted by Gasteiger charge is 2.25. The minimum atomic E-state index is -0.751. The minimum absolute atomic E-state index is 0.355. The lowest BCUT2D eigenvalue weighted by atomic mass is 9.91. The molecule has 0 aliphatic carbocycles. The number of hydrogen-bond donors (Lipinski definition) is 2. The molecule has 4 aromatic rings. The van der Waals surface area contributed by atoms with Gasteiger partial charge in [-0.15, -0.1) is 11.3 Å². The standard InChI is InChI=1S/C25H22F2N4OS/c1-15-9-22(33-14-15)21-5-4-20(23(24(28)32)17-3-2-7-29-13-17)25(31-21)30-8-6-16-10-18(26)12-19(27)11-16/h2-5,7,9-14,23H,6,8H2,1H3,(H2,28,32)(H,30,31). The molecule has 1 amide bonds. The number of nitrogens with one attached hydrogen (secondary N) is 1. The largest absolute Gasteiger partial charge is 0.369 e. The summed E-state index contributed by atoms with van der Waals surface area (Å²) >= 11 is 1.58. The van der Waals surface area contributed by atoms with Crippen molar-refractivity contribution in [3.8, 4) is 10.6 Å². The van der Waals surface area contributed by atoms with E-state index in [1.807, 2.05) is 30.5 Å². The second-order valence-corrected chi connectivity index (χ2v) is 8.61. The number of anilines is 1. The Hall–Kier alpha value is -3.65. The number of rotatable bonds is 8. The van der Waals surface area contributed by atoms with Gasteiger partial charge in [0, 0.05) is 30.6 Å². The lowest BCUT2D eigenvalue weighted by Gasteiger charge is -2.19. The van der Waals surface area contributed by atoms with Crippen molar-refractivity contribution in [2.45, 2.75) is 19.3 Å². The lowest BCUT2D eigenvalue weighted by molar-refractivity contribution is -0.118. The molecule has 1 unspecified atom stereocenters. The number of primary amides is 1. The molecular formula is C25H22F2N4OS. The van der Waals surface area contributed by atoms with E-state index in [-0.39, 0.29) is 0 Å². The van der Waals surface area contributed by atoms with Crippen LogP contribution in [0.3, 0.4) is 0 Å². The van der Waals surface area contributed by atoms with Crippen LogP contribution in [0.5, 0.6) is 0 Å². The molecule has 1 aromatic carbocycles. The van der Waals surface area contributed by atoms with Gasteiger partial charge in [-0.1, -0.05) is 12.1 Å². The zero-order valence-corrected chi connectivity index (χ0v) is 18.7. The number of halogens is 2. The van der Waals surface area contributed by atoms with E-state index in [4.69, 9.17) is 10.7 Å². The Bertz CT molecular complexity index is 1260. The van der Waals surface area contributed by atoms with Crippen LogP contribution in [0.2, 0.25) is 0 Å². The lowest BCUT2D eigenvalue weighted by Crippen LogP contribution is -2.24. The van der Waals surface area contributed by atoms with Gasteiger partial charge in [0.25, 0.3) is 0 Å². The molecule has 5 nitrogen and oxygen atoms in total. The van der Waals surface area contributed by atoms with Crippen molar-refractivity contribution < 1.29 is 13.6 Å². The van der Waals surface area contributed by atoms with Gasteiger partial charge in [0.05, 0.1) is 16.5 Å². The number of carbonyl (C=O) groups is 1. The molecule has 0 saturated carbocycles. The van der Waals surface area contributed by atoms with Crippen molar-refractivity contribution in [3.63, 3.8) is 0 Å². The average Bonchev–Trinajstić information content (AvgIpc) is 3.21. The van der Waals surface area contributed by atoms with Gasteiger partial charge < -0.3 is 11.1 Å². The molecule has 168 valence electrons. The molecule has 3 aromatic heterocycles. The fraction of sp³-hybridized carbons (Fsp3) is 0.160. The number of aryl methyl sites for hydroxylation is 1. The van der Waals surface area contributed by atoms with Crippen LogP contribution in [0.25, 0.3) is 10.6 Å². The molecule has 3 heterocycles. The van der Waals surface area contributed by atoms with Crippen molar-refractivity contribution in [1.29, 1.82) is 0 Å². The van der Waals surface area contributed by atoms with Crippen LogP contribution in [0, 0.1) is 18.6 Å². The Morgan fingerprint density at radius 2 is 1.94 bits per heavy atom. The Labute approximate surface area is 194 Å². The van der Waals surface area contributed by atoms with Crippen molar-refractivity contribution in [2.24, 2.45) is 5.73 Å². The van der Waals surface area contributed by atoms with E-state index in [9.17, 15) is 13.6 Å². The second kappa shape index (κ2) is 9.87. The summed E-state index contributed by atoms with van der Waals surface area (Å²) in [6.07, 6.45) is 3.59. The van der Waals surface area contributed by atoms with Crippen molar-refractivity contribution in [3.05, 3.63) is 100 Å². The summed E-state index contributed by atoms with van der Waals surface area (Å²) in [5, 5.41) is 5.28. The van der Waals surface area contributed by atoms with Crippen LogP contribution in [0.15, 0.2) is 66.3 Å². The Morgan fingerprint density at radius 1 is 1.15 bits per heavy atom. The minimum Gasteiger partial charge on any atom is -0.369 e. The Balaban J connectivity index is 1.68. The van der Waals surface area contributed by atoms with Gasteiger partial charge in [-0.3, -0.25) is 9.78 Å². The van der Waals surface area contributed by atoms with E-state index < -0.39 is 23.5 Å². The second-order valence-electron chi connectivity index (χ2n) is 7.70. The SMILES string of the molecule is Cc1csc(-c2ccc(C(C(N)=O)c3cccnc3)c(NCCc3cc(F)cc(F)c3)n2)c1. The maximum Gasteiger partial charge on any atom is 0.229 e. The van der Waals surface area contributed by atoms with E-state index in [1.54, 1.807) is 35.9 Å². The molecule has 8 heteroatoms. The quantitative estimate of drug-likeness (QED) is 0.382. The zero-order valence-electron chi connectivity index (χ0n) is 17.9. The first-order valence-corrected chi connectivity index (χ1v) is 11.2. The number of benzene rings is 1. The van der Waals surface area contributed by atoms with E-state index in [2.05, 4.69) is 10.3 Å². The molecule has 0 radical (unpaired) electrons. The fourth-order valence-electron chi connectivity index (χ4n) is 3.67. The Morgan fingerprint density at radius 3 is 2.58 bits per heavy atom. The van der Waals surface area contributed by atoms with Gasteiger partial charge in [0.1, 0.15) is 17.5 Å². The van der Waals surface area contributed by atoms with Gasteiger partial charge >= 0.3 is 0 Å². The molecule has 0 saturated heterocycles. The van der Waals surface area contributed by atoms with Gasteiger partial charge in [-0.2, -0.15) is 0 Å². The summed E-state index contributed by atoms with van der Waals surface area (Å²) in [6, 6.07) is 12.7. The summed E-state index contributed by atoms with van der Waals surface area (Å²) in [6.45, 7) is 2.37. The van der Waals surface area contributed by atoms with E-state index in [0.717, 1.165) is 22.2 Å². The third kappa shape index (κ3) is 5.40. The van der Waals surface area contributed by atoms with Crippen LogP contribution in [-0.2, 0) is 11.2 Å². The molecule has 0 bridgehead atoms. The van der Waals surface area contributed by atoms with E-state index >= 15 is 0 Å². The molecule has 1 atom stereocenters. The molecule has 0 spiro atoms. The number of nitrogens with zero attached hydrogens (tertiary/aromatic N) is 2. The van der Waals surface area contributed by atoms with Gasteiger partial charge in [0.2, 0.25) is 5.91 Å². The first-order chi connectivity index (χ1) is 15.9. The number of aromatic nitrogens is 2. The number of thiophene rings is 1. The number of pyridine rings is 2.